The Balaban J connectivity index is 1.84. The number of rotatable bonds is 6. The molecule has 0 saturated carbocycles. The van der Waals surface area contributed by atoms with Crippen molar-refractivity contribution in [2.75, 3.05) is 20.3 Å². The first-order valence-electron chi connectivity index (χ1n) is 9.54. The fourth-order valence-electron chi connectivity index (χ4n) is 3.68. The van der Waals surface area contributed by atoms with Gasteiger partial charge in [-0.3, -0.25) is 0 Å². The van der Waals surface area contributed by atoms with Crippen molar-refractivity contribution in [3.8, 4) is 5.75 Å². The average molecular weight is 432 g/mol. The van der Waals surface area contributed by atoms with Gasteiger partial charge in [-0.25, -0.2) is 0 Å². The van der Waals surface area contributed by atoms with Crippen molar-refractivity contribution in [3.63, 3.8) is 0 Å². The van der Waals surface area contributed by atoms with Gasteiger partial charge in [0.1, 0.15) is 60.7 Å². The first-order valence-corrected chi connectivity index (χ1v) is 9.54. The van der Waals surface area contributed by atoms with Crippen molar-refractivity contribution in [2.45, 2.75) is 61.2 Å². The summed E-state index contributed by atoms with van der Waals surface area (Å²) in [5.41, 5.74) is 0.495. The molecule has 2 aliphatic rings. The molecule has 7 N–H and O–H groups in total. The predicted octanol–water partition coefficient (Wildman–Crippen LogP) is -2.97. The first kappa shape index (κ1) is 23.3. The molecule has 2 heterocycles. The molecular formula is C19H28O11. The van der Waals surface area contributed by atoms with Gasteiger partial charge in [-0.1, -0.05) is 12.1 Å². The molecular weight excluding hydrogens is 404 g/mol. The number of hydrogen-bond donors (Lipinski definition) is 7. The van der Waals surface area contributed by atoms with Crippen LogP contribution in [0.15, 0.2) is 24.3 Å². The molecule has 0 unspecified atom stereocenters. The molecule has 2 aliphatic heterocycles. The third-order valence-electron chi connectivity index (χ3n) is 5.43. The zero-order chi connectivity index (χ0) is 22.0. The normalized spacial score (nSPS) is 42.1. The van der Waals surface area contributed by atoms with Gasteiger partial charge in [0.15, 0.2) is 6.29 Å². The van der Waals surface area contributed by atoms with Crippen molar-refractivity contribution >= 4 is 0 Å². The summed E-state index contributed by atoms with van der Waals surface area (Å²) >= 11 is 0. The second kappa shape index (κ2) is 9.83. The van der Waals surface area contributed by atoms with Gasteiger partial charge in [0.25, 0.3) is 0 Å². The maximum atomic E-state index is 10.9. The summed E-state index contributed by atoms with van der Waals surface area (Å²) in [6.07, 6.45) is -14.3. The highest BCUT2D eigenvalue weighted by Gasteiger charge is 2.50. The van der Waals surface area contributed by atoms with Gasteiger partial charge in [0.05, 0.1) is 20.3 Å². The molecule has 10 atom stereocenters. The highest BCUT2D eigenvalue weighted by Crippen LogP contribution is 2.36. The molecule has 30 heavy (non-hydrogen) atoms. The summed E-state index contributed by atoms with van der Waals surface area (Å²) in [5.74, 6) is 0.501. The highest BCUT2D eigenvalue weighted by atomic mass is 16.7. The standard InChI is InChI=1S/C19H28O11/c1-27-9-4-2-3-8(5-9)17-16(26)18(13(23)11(7-21)28-17)30-19-15(25)14(24)12(22)10(6-20)29-19/h2-5,10-26H,6-7H2,1H3/t10-,11-,12-,13-,14+,15+,16-,17-,18+,19-/m1/s1. The van der Waals surface area contributed by atoms with E-state index in [1.165, 1.54) is 7.11 Å². The summed E-state index contributed by atoms with van der Waals surface area (Å²) in [6, 6.07) is 6.65. The molecule has 0 amide bonds. The molecule has 0 aromatic heterocycles. The maximum Gasteiger partial charge on any atom is 0.187 e. The minimum absolute atomic E-state index is 0.495. The van der Waals surface area contributed by atoms with Crippen molar-refractivity contribution < 1.29 is 54.7 Å². The van der Waals surface area contributed by atoms with E-state index in [0.29, 0.717) is 11.3 Å². The van der Waals surface area contributed by atoms with Crippen molar-refractivity contribution in [2.24, 2.45) is 0 Å². The number of methoxy groups -OCH3 is 1. The van der Waals surface area contributed by atoms with E-state index in [-0.39, 0.29) is 0 Å². The molecule has 1 aromatic rings. The van der Waals surface area contributed by atoms with Gasteiger partial charge in [0, 0.05) is 0 Å². The molecule has 0 bridgehead atoms. The number of ether oxygens (including phenoxy) is 4. The van der Waals surface area contributed by atoms with Crippen LogP contribution in [0.2, 0.25) is 0 Å². The molecule has 1 aromatic carbocycles. The summed E-state index contributed by atoms with van der Waals surface area (Å²) in [5, 5.41) is 70.3. The Hall–Kier alpha value is -1.38. The van der Waals surface area contributed by atoms with Gasteiger partial charge in [0.2, 0.25) is 0 Å². The van der Waals surface area contributed by atoms with Gasteiger partial charge >= 0.3 is 0 Å². The topological polar surface area (TPSA) is 179 Å². The Morgan fingerprint density at radius 2 is 1.50 bits per heavy atom. The van der Waals surface area contributed by atoms with Gasteiger partial charge in [-0.05, 0) is 17.7 Å². The van der Waals surface area contributed by atoms with Gasteiger partial charge in [-0.15, -0.1) is 0 Å². The lowest BCUT2D eigenvalue weighted by Gasteiger charge is -2.46. The van der Waals surface area contributed by atoms with Crippen LogP contribution in [-0.2, 0) is 14.2 Å². The Kier molecular flexibility index (Phi) is 7.63. The molecule has 11 heteroatoms. The van der Waals surface area contributed by atoms with Crippen LogP contribution in [0, 0.1) is 0 Å². The van der Waals surface area contributed by atoms with Crippen molar-refractivity contribution in [1.29, 1.82) is 0 Å². The zero-order valence-electron chi connectivity index (χ0n) is 16.3. The lowest BCUT2D eigenvalue weighted by molar-refractivity contribution is -0.342. The minimum atomic E-state index is -1.71. The van der Waals surface area contributed by atoms with E-state index in [0.717, 1.165) is 0 Å². The Bertz CT molecular complexity index is 686. The zero-order valence-corrected chi connectivity index (χ0v) is 16.3. The van der Waals surface area contributed by atoms with Crippen LogP contribution in [0.1, 0.15) is 11.7 Å². The van der Waals surface area contributed by atoms with Crippen LogP contribution in [-0.4, -0.2) is 111 Å². The number of aliphatic hydroxyl groups excluding tert-OH is 7. The summed E-state index contributed by atoms with van der Waals surface area (Å²) in [6.45, 7) is -1.24. The average Bonchev–Trinajstić information content (AvgIpc) is 2.76. The number of hydrogen-bond acceptors (Lipinski definition) is 11. The molecule has 0 aliphatic carbocycles. The molecule has 2 saturated heterocycles. The van der Waals surface area contributed by atoms with E-state index in [2.05, 4.69) is 0 Å². The monoisotopic (exact) mass is 432 g/mol. The van der Waals surface area contributed by atoms with E-state index in [4.69, 9.17) is 18.9 Å². The molecule has 11 nitrogen and oxygen atoms in total. The maximum absolute atomic E-state index is 10.9. The third kappa shape index (κ3) is 4.46. The van der Waals surface area contributed by atoms with Gasteiger partial charge in [-0.2, -0.15) is 0 Å². The fraction of sp³-hybridized carbons (Fsp3) is 0.684. The van der Waals surface area contributed by atoms with Crippen LogP contribution in [0.5, 0.6) is 5.75 Å². The summed E-state index contributed by atoms with van der Waals surface area (Å²) < 4.78 is 21.7. The smallest absolute Gasteiger partial charge is 0.187 e. The Morgan fingerprint density at radius 3 is 2.13 bits per heavy atom. The van der Waals surface area contributed by atoms with E-state index in [9.17, 15) is 35.7 Å². The quantitative estimate of drug-likeness (QED) is 0.244. The molecule has 2 fully saturated rings. The first-order chi connectivity index (χ1) is 14.3. The van der Waals surface area contributed by atoms with E-state index in [1.54, 1.807) is 24.3 Å². The Morgan fingerprint density at radius 1 is 0.833 bits per heavy atom. The number of benzene rings is 1. The minimum Gasteiger partial charge on any atom is -0.497 e. The summed E-state index contributed by atoms with van der Waals surface area (Å²) in [7, 11) is 1.47. The van der Waals surface area contributed by atoms with Gasteiger partial charge < -0.3 is 54.7 Å². The lowest BCUT2D eigenvalue weighted by atomic mass is 9.90. The summed E-state index contributed by atoms with van der Waals surface area (Å²) in [4.78, 5) is 0. The van der Waals surface area contributed by atoms with Crippen LogP contribution in [0.25, 0.3) is 0 Å². The van der Waals surface area contributed by atoms with Crippen LogP contribution < -0.4 is 4.74 Å². The van der Waals surface area contributed by atoms with Crippen LogP contribution in [0.4, 0.5) is 0 Å². The predicted molar refractivity (Wildman–Crippen MR) is 98.3 cm³/mol. The SMILES string of the molecule is COc1cccc([C@H]2O[C@H](CO)[C@@H](O)[C@H](O[C@H]3O[C@H](CO)[C@@H](O)[C@H](O)[C@@H]3O)[C@@H]2O)c1. The van der Waals surface area contributed by atoms with Crippen LogP contribution >= 0.6 is 0 Å². The van der Waals surface area contributed by atoms with Crippen molar-refractivity contribution in [1.82, 2.24) is 0 Å². The van der Waals surface area contributed by atoms with Crippen LogP contribution in [0.3, 0.4) is 0 Å². The second-order valence-electron chi connectivity index (χ2n) is 7.33. The van der Waals surface area contributed by atoms with E-state index < -0.39 is 74.4 Å². The number of aliphatic hydroxyl groups is 7. The third-order valence-corrected chi connectivity index (χ3v) is 5.43. The molecule has 0 spiro atoms. The molecule has 3 rings (SSSR count). The Labute approximate surface area is 172 Å². The molecule has 170 valence electrons. The highest BCUT2D eigenvalue weighted by molar-refractivity contribution is 5.31. The fourth-order valence-corrected chi connectivity index (χ4v) is 3.68. The second-order valence-corrected chi connectivity index (χ2v) is 7.33. The lowest BCUT2D eigenvalue weighted by Crippen LogP contribution is -2.63. The van der Waals surface area contributed by atoms with Crippen molar-refractivity contribution in [3.05, 3.63) is 29.8 Å². The van der Waals surface area contributed by atoms with E-state index in [1.807, 2.05) is 0 Å². The largest absolute Gasteiger partial charge is 0.497 e. The van der Waals surface area contributed by atoms with E-state index >= 15 is 0 Å². The molecule has 0 radical (unpaired) electrons.